The van der Waals surface area contributed by atoms with Gasteiger partial charge in [0.05, 0.1) is 21.1 Å². The Bertz CT molecular complexity index is 928. The molecule has 0 amide bonds. The van der Waals surface area contributed by atoms with Gasteiger partial charge < -0.3 is 26.5 Å². The second-order valence-electron chi connectivity index (χ2n) is 8.36. The number of carbonyl (C=O) groups is 1. The van der Waals surface area contributed by atoms with Crippen LogP contribution in [0.3, 0.4) is 0 Å². The number of aryl methyl sites for hydroxylation is 1. The Morgan fingerprint density at radius 3 is 2.39 bits per heavy atom. The third-order valence-electron chi connectivity index (χ3n) is 4.85. The van der Waals surface area contributed by atoms with Crippen LogP contribution in [0.2, 0.25) is 0 Å². The molecule has 0 N–H and O–H groups in total. The smallest absolute Gasteiger partial charge is 0.349 e. The van der Waals surface area contributed by atoms with E-state index in [4.69, 9.17) is 4.74 Å². The molecular formula is C25H32ClN3O2. The van der Waals surface area contributed by atoms with Crippen LogP contribution in [-0.2, 0) is 16.1 Å². The number of hydrogen-bond donors (Lipinski definition) is 0. The second-order valence-corrected chi connectivity index (χ2v) is 8.36. The van der Waals surface area contributed by atoms with Crippen LogP contribution < -0.4 is 17.3 Å². The molecule has 0 aliphatic heterocycles. The molecule has 6 heteroatoms. The van der Waals surface area contributed by atoms with Crippen LogP contribution in [0.25, 0.3) is 6.08 Å². The van der Waals surface area contributed by atoms with Gasteiger partial charge in [-0.15, -0.1) is 0 Å². The molecular weight excluding hydrogens is 410 g/mol. The lowest BCUT2D eigenvalue weighted by Crippen LogP contribution is -3.00. The molecule has 0 spiro atoms. The number of anilines is 1. The van der Waals surface area contributed by atoms with Gasteiger partial charge in [-0.05, 0) is 48.7 Å². The molecule has 166 valence electrons. The van der Waals surface area contributed by atoms with Crippen LogP contribution in [-0.4, -0.2) is 51.3 Å². The Labute approximate surface area is 192 Å². The van der Waals surface area contributed by atoms with Gasteiger partial charge in [-0.3, -0.25) is 0 Å². The van der Waals surface area contributed by atoms with Crippen molar-refractivity contribution in [1.82, 2.24) is 0 Å². The highest BCUT2D eigenvalue weighted by Crippen LogP contribution is 2.23. The van der Waals surface area contributed by atoms with Crippen LogP contribution in [0.15, 0.2) is 54.1 Å². The Morgan fingerprint density at radius 1 is 1.16 bits per heavy atom. The number of nitriles is 1. The van der Waals surface area contributed by atoms with E-state index in [9.17, 15) is 10.1 Å². The maximum atomic E-state index is 12.3. The largest absolute Gasteiger partial charge is 1.00 e. The maximum absolute atomic E-state index is 12.3. The lowest BCUT2D eigenvalue weighted by molar-refractivity contribution is -0.870. The van der Waals surface area contributed by atoms with E-state index in [1.165, 1.54) is 5.56 Å². The zero-order valence-electron chi connectivity index (χ0n) is 19.1. The van der Waals surface area contributed by atoms with Crippen LogP contribution in [0.1, 0.15) is 23.6 Å². The lowest BCUT2D eigenvalue weighted by atomic mass is 10.0. The van der Waals surface area contributed by atoms with Crippen molar-refractivity contribution < 1.29 is 26.4 Å². The van der Waals surface area contributed by atoms with E-state index in [0.717, 1.165) is 29.9 Å². The highest BCUT2D eigenvalue weighted by Gasteiger charge is 2.15. The van der Waals surface area contributed by atoms with Gasteiger partial charge in [0.25, 0.3) is 0 Å². The highest BCUT2D eigenvalue weighted by atomic mass is 35.5. The number of hydrogen-bond acceptors (Lipinski definition) is 4. The zero-order chi connectivity index (χ0) is 22.1. The van der Waals surface area contributed by atoms with Gasteiger partial charge in [0, 0.05) is 18.8 Å². The number of esters is 1. The molecule has 0 heterocycles. The summed E-state index contributed by atoms with van der Waals surface area (Å²) in [6.07, 6.45) is 1.61. The first kappa shape index (κ1) is 26.2. The number of ether oxygens (including phenoxy) is 1. The quantitative estimate of drug-likeness (QED) is 0.254. The molecule has 0 aromatic heterocycles. The molecule has 0 fully saturated rings. The zero-order valence-corrected chi connectivity index (χ0v) is 19.8. The van der Waals surface area contributed by atoms with E-state index in [1.807, 2.05) is 64.5 Å². The third-order valence-corrected chi connectivity index (χ3v) is 4.85. The first-order chi connectivity index (χ1) is 14.2. The van der Waals surface area contributed by atoms with Crippen molar-refractivity contribution in [3.05, 3.63) is 70.8 Å². The molecule has 2 aromatic rings. The van der Waals surface area contributed by atoms with Gasteiger partial charge in [-0.25, -0.2) is 4.79 Å². The summed E-state index contributed by atoms with van der Waals surface area (Å²) in [5.41, 5.74) is 4.23. The summed E-state index contributed by atoms with van der Waals surface area (Å²) in [7, 11) is 6.07. The Morgan fingerprint density at radius 2 is 1.84 bits per heavy atom. The molecule has 0 saturated heterocycles. The number of halogens is 1. The molecule has 5 nitrogen and oxygen atoms in total. The van der Waals surface area contributed by atoms with E-state index < -0.39 is 5.97 Å². The predicted octanol–water partition coefficient (Wildman–Crippen LogP) is 1.18. The standard InChI is InChI=1S/C25H32N3O2.ClH/c1-6-27(19-21-10-8-7-9-11-21)24-13-12-22(20(2)16-24)17-23(18-26)25(29)30-15-14-28(3,4)5;/h7-13,16-17H,6,14-15,19H2,1-5H3;1H/q+1;/p-1/b23-17+;. The van der Waals surface area contributed by atoms with E-state index in [0.29, 0.717) is 11.0 Å². The minimum atomic E-state index is -0.575. The topological polar surface area (TPSA) is 53.3 Å². The molecule has 0 aliphatic carbocycles. The first-order valence-electron chi connectivity index (χ1n) is 10.2. The summed E-state index contributed by atoms with van der Waals surface area (Å²) in [6, 6.07) is 18.4. The van der Waals surface area contributed by atoms with E-state index in [1.54, 1.807) is 6.08 Å². The fourth-order valence-corrected chi connectivity index (χ4v) is 2.99. The van der Waals surface area contributed by atoms with Gasteiger partial charge in [-0.2, -0.15) is 5.26 Å². The summed E-state index contributed by atoms with van der Waals surface area (Å²) in [5.74, 6) is -0.575. The first-order valence-corrected chi connectivity index (χ1v) is 10.2. The number of nitrogens with zero attached hydrogens (tertiary/aromatic N) is 3. The van der Waals surface area contributed by atoms with Gasteiger partial charge in [-0.1, -0.05) is 36.4 Å². The van der Waals surface area contributed by atoms with Gasteiger partial charge in [0.2, 0.25) is 0 Å². The number of rotatable bonds is 9. The predicted molar refractivity (Wildman–Crippen MR) is 122 cm³/mol. The normalized spacial score (nSPS) is 11.3. The number of carbonyl (C=O) groups excluding carboxylic acids is 1. The SMILES string of the molecule is CCN(Cc1ccccc1)c1ccc(/C=C(\C#N)C(=O)OCC[N+](C)(C)C)c(C)c1.[Cl-]. The van der Waals surface area contributed by atoms with Crippen LogP contribution in [0.4, 0.5) is 5.69 Å². The van der Waals surface area contributed by atoms with Crippen LogP contribution >= 0.6 is 0 Å². The summed E-state index contributed by atoms with van der Waals surface area (Å²) < 4.78 is 5.97. The van der Waals surface area contributed by atoms with Crippen molar-refractivity contribution in [2.45, 2.75) is 20.4 Å². The van der Waals surface area contributed by atoms with Gasteiger partial charge in [0.15, 0.2) is 0 Å². The van der Waals surface area contributed by atoms with Crippen molar-refractivity contribution in [1.29, 1.82) is 5.26 Å². The van der Waals surface area contributed by atoms with E-state index in [2.05, 4.69) is 30.0 Å². The van der Waals surface area contributed by atoms with Gasteiger partial charge in [0.1, 0.15) is 24.8 Å². The minimum Gasteiger partial charge on any atom is -1.00 e. The fourth-order valence-electron chi connectivity index (χ4n) is 2.99. The van der Waals surface area contributed by atoms with Crippen molar-refractivity contribution in [3.63, 3.8) is 0 Å². The minimum absolute atomic E-state index is 0. The molecule has 2 rings (SSSR count). The number of benzene rings is 2. The monoisotopic (exact) mass is 441 g/mol. The van der Waals surface area contributed by atoms with Crippen molar-refractivity contribution in [3.8, 4) is 6.07 Å². The average Bonchev–Trinajstić information content (AvgIpc) is 2.70. The van der Waals surface area contributed by atoms with Gasteiger partial charge >= 0.3 is 5.97 Å². The van der Waals surface area contributed by atoms with E-state index in [-0.39, 0.29) is 24.6 Å². The molecule has 0 bridgehead atoms. The summed E-state index contributed by atoms with van der Waals surface area (Å²) in [5, 5.41) is 9.42. The number of likely N-dealkylation sites (N-methyl/N-ethyl adjacent to an activating group) is 1. The molecule has 0 atom stereocenters. The van der Waals surface area contributed by atoms with Crippen molar-refractivity contribution in [2.75, 3.05) is 45.7 Å². The Kier molecular flexibility index (Phi) is 10.3. The lowest BCUT2D eigenvalue weighted by Gasteiger charge is -2.24. The third kappa shape index (κ3) is 8.45. The van der Waals surface area contributed by atoms with Crippen molar-refractivity contribution >= 4 is 17.7 Å². The molecule has 31 heavy (non-hydrogen) atoms. The Hall–Kier alpha value is -2.81. The fraction of sp³-hybridized carbons (Fsp3) is 0.360. The summed E-state index contributed by atoms with van der Waals surface area (Å²) in [4.78, 5) is 14.6. The average molecular weight is 442 g/mol. The summed E-state index contributed by atoms with van der Waals surface area (Å²) >= 11 is 0. The Balaban J connectivity index is 0.00000480. The van der Waals surface area contributed by atoms with Crippen molar-refractivity contribution in [2.24, 2.45) is 0 Å². The molecule has 2 aromatic carbocycles. The molecule has 0 aliphatic rings. The molecule has 0 saturated carbocycles. The molecule has 0 unspecified atom stereocenters. The second kappa shape index (κ2) is 12.1. The van der Waals surface area contributed by atoms with E-state index >= 15 is 0 Å². The van der Waals surface area contributed by atoms with Crippen LogP contribution in [0, 0.1) is 18.3 Å². The summed E-state index contributed by atoms with van der Waals surface area (Å²) in [6.45, 7) is 6.80. The van der Waals surface area contributed by atoms with Crippen LogP contribution in [0.5, 0.6) is 0 Å². The highest BCUT2D eigenvalue weighted by molar-refractivity contribution is 5.98. The number of quaternary nitrogens is 1. The molecule has 0 radical (unpaired) electrons. The maximum Gasteiger partial charge on any atom is 0.349 e.